The standard InChI is InChI=1S/C26H33N5O2.HI/c1-3-27-26(28-17-21-19-33-25(30-21)20-11-5-4-6-12-20)29-18-23(31-15-9-10-16-31)22-13-7-8-14-24(22)32-2;/h4-8,11-14,19,23H,3,9-10,15-18H2,1-2H3,(H2,27,28,29);1H. The smallest absolute Gasteiger partial charge is 0.226 e. The summed E-state index contributed by atoms with van der Waals surface area (Å²) in [7, 11) is 1.74. The molecule has 182 valence electrons. The highest BCUT2D eigenvalue weighted by Crippen LogP contribution is 2.31. The molecule has 0 radical (unpaired) electrons. The number of hydrogen-bond acceptors (Lipinski definition) is 5. The summed E-state index contributed by atoms with van der Waals surface area (Å²) in [6.45, 7) is 6.22. The molecule has 0 amide bonds. The van der Waals surface area contributed by atoms with Crippen LogP contribution in [0.3, 0.4) is 0 Å². The van der Waals surface area contributed by atoms with Gasteiger partial charge in [-0.1, -0.05) is 36.4 Å². The van der Waals surface area contributed by atoms with Gasteiger partial charge in [0.1, 0.15) is 17.7 Å². The number of ether oxygens (including phenoxy) is 1. The quantitative estimate of drug-likeness (QED) is 0.216. The lowest BCUT2D eigenvalue weighted by Gasteiger charge is -2.30. The summed E-state index contributed by atoms with van der Waals surface area (Å²) < 4.78 is 11.3. The van der Waals surface area contributed by atoms with E-state index in [4.69, 9.17) is 14.1 Å². The van der Waals surface area contributed by atoms with Crippen LogP contribution in [0.25, 0.3) is 11.5 Å². The zero-order chi connectivity index (χ0) is 22.9. The van der Waals surface area contributed by atoms with Crippen LogP contribution in [-0.2, 0) is 6.54 Å². The summed E-state index contributed by atoms with van der Waals surface area (Å²) in [5, 5.41) is 6.89. The second-order valence-corrected chi connectivity index (χ2v) is 8.09. The number of halogens is 1. The average molecular weight is 575 g/mol. The lowest BCUT2D eigenvalue weighted by molar-refractivity contribution is 0.239. The first-order chi connectivity index (χ1) is 16.3. The average Bonchev–Trinajstić information content (AvgIpc) is 3.56. The van der Waals surface area contributed by atoms with Crippen LogP contribution in [0.1, 0.15) is 37.1 Å². The van der Waals surface area contributed by atoms with Crippen molar-refractivity contribution >= 4 is 29.9 Å². The van der Waals surface area contributed by atoms with E-state index in [-0.39, 0.29) is 30.0 Å². The van der Waals surface area contributed by atoms with Gasteiger partial charge in [-0.15, -0.1) is 24.0 Å². The molecule has 2 aromatic carbocycles. The van der Waals surface area contributed by atoms with Gasteiger partial charge in [0.15, 0.2) is 5.96 Å². The minimum atomic E-state index is 0. The molecule has 1 aromatic heterocycles. The van der Waals surface area contributed by atoms with Crippen molar-refractivity contribution in [1.82, 2.24) is 20.5 Å². The van der Waals surface area contributed by atoms with Crippen molar-refractivity contribution in [2.75, 3.05) is 33.3 Å². The fourth-order valence-electron chi connectivity index (χ4n) is 4.22. The second kappa shape index (κ2) is 13.3. The summed E-state index contributed by atoms with van der Waals surface area (Å²) in [5.41, 5.74) is 2.96. The van der Waals surface area contributed by atoms with Gasteiger partial charge in [0.05, 0.1) is 19.7 Å². The molecule has 8 heteroatoms. The predicted molar refractivity (Wildman–Crippen MR) is 147 cm³/mol. The first-order valence-corrected chi connectivity index (χ1v) is 11.7. The van der Waals surface area contributed by atoms with Crippen molar-refractivity contribution < 1.29 is 9.15 Å². The normalized spacial score (nSPS) is 14.9. The number of nitrogens with zero attached hydrogens (tertiary/aromatic N) is 3. The van der Waals surface area contributed by atoms with Crippen LogP contribution >= 0.6 is 24.0 Å². The van der Waals surface area contributed by atoms with E-state index in [9.17, 15) is 0 Å². The van der Waals surface area contributed by atoms with Crippen LogP contribution in [-0.4, -0.2) is 49.1 Å². The Morgan fingerprint density at radius 1 is 1.09 bits per heavy atom. The predicted octanol–water partition coefficient (Wildman–Crippen LogP) is 4.86. The zero-order valence-corrected chi connectivity index (χ0v) is 22.2. The molecule has 0 bridgehead atoms. The summed E-state index contributed by atoms with van der Waals surface area (Å²) >= 11 is 0. The van der Waals surface area contributed by atoms with Gasteiger partial charge < -0.3 is 19.8 Å². The molecular formula is C26H34IN5O2. The van der Waals surface area contributed by atoms with Gasteiger partial charge in [-0.3, -0.25) is 4.90 Å². The zero-order valence-electron chi connectivity index (χ0n) is 19.9. The molecule has 2 heterocycles. The number of aromatic nitrogens is 1. The highest BCUT2D eigenvalue weighted by molar-refractivity contribution is 14.0. The lowest BCUT2D eigenvalue weighted by atomic mass is 10.0. The number of benzene rings is 2. The van der Waals surface area contributed by atoms with Crippen LogP contribution in [0.5, 0.6) is 5.75 Å². The van der Waals surface area contributed by atoms with E-state index < -0.39 is 0 Å². The fourth-order valence-corrected chi connectivity index (χ4v) is 4.22. The number of guanidine groups is 1. The highest BCUT2D eigenvalue weighted by Gasteiger charge is 2.26. The van der Waals surface area contributed by atoms with Gasteiger partial charge in [0.2, 0.25) is 5.89 Å². The number of oxazole rings is 1. The van der Waals surface area contributed by atoms with Gasteiger partial charge in [-0.25, -0.2) is 9.98 Å². The van der Waals surface area contributed by atoms with E-state index in [2.05, 4.69) is 39.6 Å². The summed E-state index contributed by atoms with van der Waals surface area (Å²) in [6.07, 6.45) is 4.14. The molecule has 1 saturated heterocycles. The van der Waals surface area contributed by atoms with Crippen molar-refractivity contribution in [3.8, 4) is 17.2 Å². The van der Waals surface area contributed by atoms with Crippen molar-refractivity contribution in [3.63, 3.8) is 0 Å². The van der Waals surface area contributed by atoms with Crippen LogP contribution < -0.4 is 15.4 Å². The van der Waals surface area contributed by atoms with Crippen molar-refractivity contribution in [2.45, 2.75) is 32.4 Å². The molecule has 0 saturated carbocycles. The third kappa shape index (κ3) is 6.73. The molecule has 1 aliphatic rings. The van der Waals surface area contributed by atoms with Crippen LogP contribution in [0.2, 0.25) is 0 Å². The van der Waals surface area contributed by atoms with Crippen molar-refractivity contribution in [3.05, 3.63) is 72.1 Å². The molecule has 4 rings (SSSR count). The van der Waals surface area contributed by atoms with E-state index in [0.29, 0.717) is 12.4 Å². The Kier molecular flexibility index (Phi) is 10.2. The third-order valence-electron chi connectivity index (χ3n) is 5.86. The maximum atomic E-state index is 5.67. The van der Waals surface area contributed by atoms with E-state index >= 15 is 0 Å². The number of likely N-dealkylation sites (tertiary alicyclic amines) is 1. The third-order valence-corrected chi connectivity index (χ3v) is 5.86. The molecule has 7 nitrogen and oxygen atoms in total. The molecule has 0 spiro atoms. The Bertz CT molecular complexity index is 1030. The van der Waals surface area contributed by atoms with Gasteiger partial charge in [-0.2, -0.15) is 0 Å². The molecule has 1 atom stereocenters. The van der Waals surface area contributed by atoms with Crippen LogP contribution in [0, 0.1) is 0 Å². The Labute approximate surface area is 219 Å². The lowest BCUT2D eigenvalue weighted by Crippen LogP contribution is -2.42. The minimum Gasteiger partial charge on any atom is -0.496 e. The van der Waals surface area contributed by atoms with Crippen LogP contribution in [0.15, 0.2) is 70.3 Å². The van der Waals surface area contributed by atoms with Crippen molar-refractivity contribution in [1.29, 1.82) is 0 Å². The van der Waals surface area contributed by atoms with Gasteiger partial charge in [0.25, 0.3) is 0 Å². The highest BCUT2D eigenvalue weighted by atomic mass is 127. The number of aliphatic imine (C=N–C) groups is 1. The van der Waals surface area contributed by atoms with Crippen LogP contribution in [0.4, 0.5) is 0 Å². The summed E-state index contributed by atoms with van der Waals surface area (Å²) in [4.78, 5) is 11.9. The van der Waals surface area contributed by atoms with Gasteiger partial charge in [-0.05, 0) is 51.1 Å². The molecule has 1 unspecified atom stereocenters. The number of methoxy groups -OCH3 is 1. The topological polar surface area (TPSA) is 74.9 Å². The largest absolute Gasteiger partial charge is 0.496 e. The Hall–Kier alpha value is -2.59. The summed E-state index contributed by atoms with van der Waals surface area (Å²) in [6, 6.07) is 18.4. The number of hydrogen-bond donors (Lipinski definition) is 2. The second-order valence-electron chi connectivity index (χ2n) is 8.09. The number of rotatable bonds is 9. The fraction of sp³-hybridized carbons (Fsp3) is 0.385. The van der Waals surface area contributed by atoms with E-state index in [1.807, 2.05) is 42.5 Å². The SMILES string of the molecule is CCNC(=NCc1coc(-c2ccccc2)n1)NCC(c1ccccc1OC)N1CCCC1.I. The first kappa shape index (κ1) is 26.0. The molecular weight excluding hydrogens is 541 g/mol. The maximum Gasteiger partial charge on any atom is 0.226 e. The van der Waals surface area contributed by atoms with Gasteiger partial charge in [0, 0.05) is 24.2 Å². The number of nitrogens with one attached hydrogen (secondary N) is 2. The Morgan fingerprint density at radius 3 is 2.56 bits per heavy atom. The first-order valence-electron chi connectivity index (χ1n) is 11.7. The molecule has 1 fully saturated rings. The molecule has 1 aliphatic heterocycles. The Morgan fingerprint density at radius 2 is 1.82 bits per heavy atom. The monoisotopic (exact) mass is 575 g/mol. The van der Waals surface area contributed by atoms with Crippen molar-refractivity contribution in [2.24, 2.45) is 4.99 Å². The van der Waals surface area contributed by atoms with E-state index in [0.717, 1.165) is 49.1 Å². The Balaban J connectivity index is 0.00000324. The molecule has 34 heavy (non-hydrogen) atoms. The molecule has 2 N–H and O–H groups in total. The number of para-hydroxylation sites is 1. The maximum absolute atomic E-state index is 5.67. The minimum absolute atomic E-state index is 0. The molecule has 3 aromatic rings. The van der Waals surface area contributed by atoms with E-state index in [1.54, 1.807) is 13.4 Å². The van der Waals surface area contributed by atoms with E-state index in [1.165, 1.54) is 18.4 Å². The van der Waals surface area contributed by atoms with Gasteiger partial charge >= 0.3 is 0 Å². The molecule has 0 aliphatic carbocycles. The summed E-state index contributed by atoms with van der Waals surface area (Å²) in [5.74, 6) is 2.30.